The smallest absolute Gasteiger partial charge is 0.220 e. The van der Waals surface area contributed by atoms with Crippen LogP contribution < -0.4 is 15.5 Å². The molecule has 1 atom stereocenters. The van der Waals surface area contributed by atoms with Crippen molar-refractivity contribution < 1.29 is 9.53 Å². The molecule has 0 aromatic carbocycles. The molecule has 0 saturated carbocycles. The lowest BCUT2D eigenvalue weighted by Gasteiger charge is -2.34. The Morgan fingerprint density at radius 3 is 2.83 bits per heavy atom. The second-order valence-electron chi connectivity index (χ2n) is 7.86. The summed E-state index contributed by atoms with van der Waals surface area (Å²) in [5.74, 6) is 2.52. The normalized spacial score (nSPS) is 21.2. The fraction of sp³-hybridized carbons (Fsp3) is 0.667. The SMILES string of the molecule is CN=C(NCc1ccnc(N2CCOC(C)C2)c1)N1CCC(CC(=O)NC)CC1. The highest BCUT2D eigenvalue weighted by Crippen LogP contribution is 2.21. The Morgan fingerprint density at radius 2 is 2.14 bits per heavy atom. The highest BCUT2D eigenvalue weighted by atomic mass is 16.5. The van der Waals surface area contributed by atoms with E-state index in [1.807, 2.05) is 19.3 Å². The predicted octanol–water partition coefficient (Wildman–Crippen LogP) is 1.23. The zero-order valence-corrected chi connectivity index (χ0v) is 17.9. The summed E-state index contributed by atoms with van der Waals surface area (Å²) in [5.41, 5.74) is 1.18. The molecule has 3 rings (SSSR count). The number of ether oxygens (including phenoxy) is 1. The average molecular weight is 403 g/mol. The first-order chi connectivity index (χ1) is 14.1. The van der Waals surface area contributed by atoms with E-state index < -0.39 is 0 Å². The Balaban J connectivity index is 1.51. The van der Waals surface area contributed by atoms with Gasteiger partial charge in [-0.3, -0.25) is 9.79 Å². The molecule has 2 aliphatic rings. The molecule has 29 heavy (non-hydrogen) atoms. The Bertz CT molecular complexity index is 702. The van der Waals surface area contributed by atoms with Gasteiger partial charge in [0.1, 0.15) is 5.82 Å². The van der Waals surface area contributed by atoms with Crippen LogP contribution >= 0.6 is 0 Å². The number of likely N-dealkylation sites (tertiary alicyclic amines) is 1. The summed E-state index contributed by atoms with van der Waals surface area (Å²) in [5, 5.41) is 6.21. The van der Waals surface area contributed by atoms with Gasteiger partial charge in [0.2, 0.25) is 5.91 Å². The molecule has 3 heterocycles. The van der Waals surface area contributed by atoms with Gasteiger partial charge in [-0.1, -0.05) is 0 Å². The number of anilines is 1. The number of nitrogens with one attached hydrogen (secondary N) is 2. The highest BCUT2D eigenvalue weighted by molar-refractivity contribution is 5.80. The lowest BCUT2D eigenvalue weighted by molar-refractivity contribution is -0.121. The number of carbonyl (C=O) groups excluding carboxylic acids is 1. The van der Waals surface area contributed by atoms with Crippen molar-refractivity contribution in [1.82, 2.24) is 20.5 Å². The Morgan fingerprint density at radius 1 is 1.34 bits per heavy atom. The standard InChI is InChI=1S/C21H34N6O2/c1-16-15-27(10-11-29-16)19-12-18(4-7-24-19)14-25-21(23-3)26-8-5-17(6-9-26)13-20(28)22-2/h4,7,12,16-17H,5-6,8-11,13-15H2,1-3H3,(H,22,28)(H,23,25). The molecule has 2 N–H and O–H groups in total. The Kier molecular flexibility index (Phi) is 7.69. The third-order valence-electron chi connectivity index (χ3n) is 5.70. The van der Waals surface area contributed by atoms with Crippen molar-refractivity contribution in [3.63, 3.8) is 0 Å². The number of hydrogen-bond acceptors (Lipinski definition) is 5. The molecule has 8 nitrogen and oxygen atoms in total. The maximum Gasteiger partial charge on any atom is 0.220 e. The van der Waals surface area contributed by atoms with E-state index in [0.717, 1.165) is 57.4 Å². The lowest BCUT2D eigenvalue weighted by atomic mass is 9.93. The third kappa shape index (κ3) is 6.06. The maximum absolute atomic E-state index is 11.6. The van der Waals surface area contributed by atoms with Gasteiger partial charge < -0.3 is 25.2 Å². The van der Waals surface area contributed by atoms with Crippen LogP contribution in [-0.4, -0.2) is 74.7 Å². The van der Waals surface area contributed by atoms with Gasteiger partial charge >= 0.3 is 0 Å². The van der Waals surface area contributed by atoms with Crippen molar-refractivity contribution in [2.24, 2.45) is 10.9 Å². The van der Waals surface area contributed by atoms with E-state index in [-0.39, 0.29) is 12.0 Å². The summed E-state index contributed by atoms with van der Waals surface area (Å²) in [6.45, 7) is 7.15. The van der Waals surface area contributed by atoms with Crippen LogP contribution in [0.2, 0.25) is 0 Å². The molecule has 1 aromatic heterocycles. The number of carbonyl (C=O) groups is 1. The molecule has 160 valence electrons. The number of piperidine rings is 1. The summed E-state index contributed by atoms with van der Waals surface area (Å²) < 4.78 is 5.63. The summed E-state index contributed by atoms with van der Waals surface area (Å²) in [6, 6.07) is 4.19. The summed E-state index contributed by atoms with van der Waals surface area (Å²) in [6.07, 6.45) is 4.76. The molecule has 0 spiro atoms. The van der Waals surface area contributed by atoms with E-state index in [2.05, 4.69) is 43.4 Å². The number of aromatic nitrogens is 1. The van der Waals surface area contributed by atoms with Crippen molar-refractivity contribution >= 4 is 17.7 Å². The van der Waals surface area contributed by atoms with Gasteiger partial charge in [-0.2, -0.15) is 0 Å². The summed E-state index contributed by atoms with van der Waals surface area (Å²) in [7, 11) is 3.53. The number of morpholine rings is 1. The minimum Gasteiger partial charge on any atom is -0.375 e. The molecule has 2 aliphatic heterocycles. The minimum atomic E-state index is 0.133. The van der Waals surface area contributed by atoms with E-state index in [0.29, 0.717) is 18.9 Å². The first-order valence-corrected chi connectivity index (χ1v) is 10.6. The fourth-order valence-electron chi connectivity index (χ4n) is 4.00. The van der Waals surface area contributed by atoms with Gasteiger partial charge in [-0.15, -0.1) is 0 Å². The topological polar surface area (TPSA) is 82.1 Å². The van der Waals surface area contributed by atoms with Crippen LogP contribution in [0.4, 0.5) is 5.82 Å². The number of amides is 1. The van der Waals surface area contributed by atoms with Crippen LogP contribution in [-0.2, 0) is 16.1 Å². The lowest BCUT2D eigenvalue weighted by Crippen LogP contribution is -2.45. The number of hydrogen-bond donors (Lipinski definition) is 2. The summed E-state index contributed by atoms with van der Waals surface area (Å²) in [4.78, 5) is 25.2. The van der Waals surface area contributed by atoms with E-state index in [1.165, 1.54) is 5.56 Å². The fourth-order valence-corrected chi connectivity index (χ4v) is 4.00. The van der Waals surface area contributed by atoms with E-state index in [1.54, 1.807) is 7.05 Å². The second kappa shape index (κ2) is 10.4. The molecule has 0 aliphatic carbocycles. The van der Waals surface area contributed by atoms with E-state index in [9.17, 15) is 4.79 Å². The zero-order valence-electron chi connectivity index (χ0n) is 17.9. The molecule has 2 saturated heterocycles. The first kappa shape index (κ1) is 21.4. The molecular weight excluding hydrogens is 368 g/mol. The van der Waals surface area contributed by atoms with E-state index >= 15 is 0 Å². The maximum atomic E-state index is 11.6. The van der Waals surface area contributed by atoms with Crippen LogP contribution in [0.25, 0.3) is 0 Å². The number of nitrogens with zero attached hydrogens (tertiary/aromatic N) is 4. The number of guanidine groups is 1. The minimum absolute atomic E-state index is 0.133. The largest absolute Gasteiger partial charge is 0.375 e. The Hall–Kier alpha value is -2.35. The highest BCUT2D eigenvalue weighted by Gasteiger charge is 2.23. The van der Waals surface area contributed by atoms with Gasteiger partial charge in [-0.05, 0) is 43.4 Å². The molecule has 1 unspecified atom stereocenters. The van der Waals surface area contributed by atoms with Crippen molar-refractivity contribution in [2.45, 2.75) is 38.8 Å². The van der Waals surface area contributed by atoms with Crippen molar-refractivity contribution in [2.75, 3.05) is 51.8 Å². The molecule has 1 amide bonds. The molecular formula is C21H34N6O2. The van der Waals surface area contributed by atoms with E-state index in [4.69, 9.17) is 4.74 Å². The zero-order chi connectivity index (χ0) is 20.6. The number of rotatable bonds is 5. The van der Waals surface area contributed by atoms with Gasteiger partial charge in [0, 0.05) is 59.4 Å². The molecule has 8 heteroatoms. The van der Waals surface area contributed by atoms with Crippen molar-refractivity contribution in [3.8, 4) is 0 Å². The molecule has 2 fully saturated rings. The Labute approximate surface area is 173 Å². The molecule has 1 aromatic rings. The average Bonchev–Trinajstić information content (AvgIpc) is 2.75. The molecule has 0 bridgehead atoms. The van der Waals surface area contributed by atoms with Gasteiger partial charge in [0.05, 0.1) is 12.7 Å². The predicted molar refractivity (Wildman–Crippen MR) is 115 cm³/mol. The van der Waals surface area contributed by atoms with Gasteiger partial charge in [-0.25, -0.2) is 4.98 Å². The third-order valence-corrected chi connectivity index (χ3v) is 5.70. The quantitative estimate of drug-likeness (QED) is 0.570. The number of aliphatic imine (C=N–C) groups is 1. The van der Waals surface area contributed by atoms with Crippen LogP contribution in [0.5, 0.6) is 0 Å². The van der Waals surface area contributed by atoms with Gasteiger partial charge in [0.15, 0.2) is 5.96 Å². The monoisotopic (exact) mass is 402 g/mol. The second-order valence-corrected chi connectivity index (χ2v) is 7.86. The number of pyridine rings is 1. The molecule has 0 radical (unpaired) electrons. The van der Waals surface area contributed by atoms with Crippen molar-refractivity contribution in [3.05, 3.63) is 23.9 Å². The van der Waals surface area contributed by atoms with Crippen LogP contribution in [0.3, 0.4) is 0 Å². The first-order valence-electron chi connectivity index (χ1n) is 10.6. The van der Waals surface area contributed by atoms with Gasteiger partial charge in [0.25, 0.3) is 0 Å². The summed E-state index contributed by atoms with van der Waals surface area (Å²) >= 11 is 0. The van der Waals surface area contributed by atoms with Crippen LogP contribution in [0, 0.1) is 5.92 Å². The van der Waals surface area contributed by atoms with Crippen LogP contribution in [0.15, 0.2) is 23.3 Å². The van der Waals surface area contributed by atoms with Crippen LogP contribution in [0.1, 0.15) is 31.7 Å². The van der Waals surface area contributed by atoms with Crippen molar-refractivity contribution in [1.29, 1.82) is 0 Å².